The minimum absolute atomic E-state index is 0. The summed E-state index contributed by atoms with van der Waals surface area (Å²) in [4.78, 5) is 0. The van der Waals surface area contributed by atoms with Gasteiger partial charge in [-0.05, 0) is 0 Å². The molecule has 0 N–H and O–H groups in total. The standard InChI is InChI=1S/C11H6F17I.C11H5F17.C9H5F14I.C2HF3.H2/c12-4(7(15,16)29)3(1-5(13,8(17,18)19)9(20,21)22)2-6(14,10(23,24)25)11(26,27)28;12-4(5(13)14)3(1-6(15,8(17,18)19)9(20,21)22)2-7(16,10(23,24)25)11(26,27)28;10-4(6(12,13)14,7(15,16)17)1-3(24)2-5(11,8(18,19)20)9(21,22)23;3-1-2(4)5;/h3-4H,1-2H2;3H,1-2H2;3H,1-2H2;1H;1H/i;;;;1+1. The molecule has 0 fully saturated rings. The lowest BCUT2D eigenvalue weighted by Gasteiger charge is -2.38. The zero-order valence-electron chi connectivity index (χ0n) is 38.2. The molecule has 0 aromatic carbocycles. The van der Waals surface area contributed by atoms with Crippen molar-refractivity contribution in [1.29, 1.82) is 0 Å². The molecule has 0 aliphatic carbocycles. The fourth-order valence-electron chi connectivity index (χ4n) is 5.39. The van der Waals surface area contributed by atoms with Crippen LogP contribution in [0.15, 0.2) is 24.3 Å². The van der Waals surface area contributed by atoms with Crippen LogP contribution in [0.4, 0.5) is 224 Å². The van der Waals surface area contributed by atoms with Crippen LogP contribution in [-0.2, 0) is 0 Å². The van der Waals surface area contributed by atoms with Crippen molar-refractivity contribution in [2.24, 2.45) is 11.8 Å². The first-order valence-corrected chi connectivity index (χ1v) is 21.4. The SMILES string of the molecule is FC(C(CC(F)(C(F)(F)F)C(F)(F)F)CC(F)(C(F)(F)F)C(F)(F)F)C(F)(F)I.FC(F)(F)C(F)(CC(I)CC(F)(C(F)(F)F)C(F)(F)F)C(F)(F)F.FC(F)=C(F)C(CC(F)(C(F)(F)F)C(F)(F)F)CC(F)(C(F)(F)F)C(F)(F)F.FC=C(F)F.[2HH]. The molecule has 0 heterocycles. The van der Waals surface area contributed by atoms with Gasteiger partial charge >= 0.3 is 84.1 Å². The third-order valence-corrected chi connectivity index (χ3v) is 11.4. The highest BCUT2D eigenvalue weighted by molar-refractivity contribution is 14.1. The lowest BCUT2D eigenvalue weighted by Crippen LogP contribution is -2.59. The Kier molecular flexibility index (Phi) is 29.3. The fourth-order valence-corrected chi connectivity index (χ4v) is 7.11. The lowest BCUT2D eigenvalue weighted by atomic mass is 9.80. The molecule has 0 radical (unpaired) electrons. The van der Waals surface area contributed by atoms with Gasteiger partial charge in [0.15, 0.2) is 18.3 Å². The molecule has 0 aromatic heterocycles. The smallest absolute Gasteiger partial charge is 0.240 e. The molecule has 1 unspecified atom stereocenters. The molecule has 0 aliphatic rings. The minimum Gasteiger partial charge on any atom is -0.240 e. The van der Waals surface area contributed by atoms with E-state index < -0.39 is 197 Å². The van der Waals surface area contributed by atoms with Gasteiger partial charge in [0, 0.05) is 78.3 Å². The summed E-state index contributed by atoms with van der Waals surface area (Å²) in [7, 11) is 0. The quantitative estimate of drug-likeness (QED) is 0.0871. The molecule has 522 valence electrons. The molecule has 0 saturated carbocycles. The van der Waals surface area contributed by atoms with E-state index in [0.29, 0.717) is 0 Å². The summed E-state index contributed by atoms with van der Waals surface area (Å²) in [6, 6.07) is 0. The van der Waals surface area contributed by atoms with Crippen molar-refractivity contribution in [3.8, 4) is 0 Å². The molecule has 0 nitrogen and oxygen atoms in total. The summed E-state index contributed by atoms with van der Waals surface area (Å²) in [5.41, 5.74) is -39.1. The summed E-state index contributed by atoms with van der Waals surface area (Å²) in [5.74, 6) is -12.5. The first-order chi connectivity index (χ1) is 36.5. The average Bonchev–Trinajstić information content (AvgIpc) is 3.20. The Morgan fingerprint density at radius 1 is 0.302 bits per heavy atom. The number of hydrogen-bond donors (Lipinski definition) is 0. The topological polar surface area (TPSA) is 0 Å². The highest BCUT2D eigenvalue weighted by Crippen LogP contribution is 2.60. The van der Waals surface area contributed by atoms with Gasteiger partial charge in [-0.2, -0.15) is 184 Å². The van der Waals surface area contributed by atoms with Crippen LogP contribution in [0.5, 0.6) is 0 Å². The van der Waals surface area contributed by atoms with Crippen molar-refractivity contribution in [3.05, 3.63) is 24.3 Å². The van der Waals surface area contributed by atoms with E-state index in [-0.39, 0.29) is 46.6 Å². The molecule has 0 bridgehead atoms. The number of halogens is 53. The van der Waals surface area contributed by atoms with Gasteiger partial charge < -0.3 is 0 Å². The number of alkyl halides is 47. The Morgan fingerprint density at radius 2 is 0.453 bits per heavy atom. The largest absolute Gasteiger partial charge is 0.431 e. The zero-order valence-corrected chi connectivity index (χ0v) is 42.5. The first kappa shape index (κ1) is 89.8. The maximum Gasteiger partial charge on any atom is 0.431 e. The van der Waals surface area contributed by atoms with Gasteiger partial charge in [-0.1, -0.05) is 22.6 Å². The number of allylic oxidation sites excluding steroid dienone is 1. The van der Waals surface area contributed by atoms with Gasteiger partial charge in [-0.3, -0.25) is 0 Å². The first-order valence-electron chi connectivity index (χ1n) is 19.1. The molecule has 0 saturated heterocycles. The van der Waals surface area contributed by atoms with Crippen molar-refractivity contribution in [2.75, 3.05) is 0 Å². The predicted molar refractivity (Wildman–Crippen MR) is 196 cm³/mol. The lowest BCUT2D eigenvalue weighted by molar-refractivity contribution is -0.359. The molecule has 0 spiro atoms. The van der Waals surface area contributed by atoms with Crippen LogP contribution < -0.4 is 0 Å². The van der Waals surface area contributed by atoms with E-state index >= 15 is 0 Å². The van der Waals surface area contributed by atoms with Gasteiger partial charge in [0.2, 0.25) is 0 Å². The van der Waals surface area contributed by atoms with E-state index in [1.54, 1.807) is 0 Å². The summed E-state index contributed by atoms with van der Waals surface area (Å²) < 4.78 is 625. The van der Waals surface area contributed by atoms with E-state index in [0.717, 1.165) is 0 Å². The van der Waals surface area contributed by atoms with Crippen molar-refractivity contribution >= 4 is 45.2 Å². The Hall–Kier alpha value is -2.63. The van der Waals surface area contributed by atoms with Crippen LogP contribution in [0, 0.1) is 11.8 Å². The predicted octanol–water partition coefficient (Wildman–Crippen LogP) is 22.7. The van der Waals surface area contributed by atoms with E-state index in [4.69, 9.17) is 0 Å². The maximum atomic E-state index is 13.6. The highest BCUT2D eigenvalue weighted by atomic mass is 127. The molecule has 0 rings (SSSR count). The number of rotatable bonds is 15. The van der Waals surface area contributed by atoms with E-state index in [1.807, 2.05) is 0 Å². The van der Waals surface area contributed by atoms with E-state index in [2.05, 4.69) is 0 Å². The minimum atomic E-state index is -7.13. The van der Waals surface area contributed by atoms with Crippen molar-refractivity contribution in [3.63, 3.8) is 0 Å². The Balaban J connectivity index is -0.000000370. The van der Waals surface area contributed by atoms with Gasteiger partial charge in [-0.25, -0.2) is 39.5 Å². The second-order valence-electron chi connectivity index (χ2n) is 16.0. The number of hydrogen-bond acceptors (Lipinski definition) is 0. The van der Waals surface area contributed by atoms with Crippen LogP contribution in [-0.4, -0.2) is 122 Å². The monoisotopic (exact) mass is 1640 g/mol. The van der Waals surface area contributed by atoms with Crippen LogP contribution >= 0.6 is 45.2 Å². The second-order valence-corrected chi connectivity index (χ2v) is 19.2. The molecule has 53 heteroatoms. The molecule has 1 atom stereocenters. The Labute approximate surface area is 467 Å². The van der Waals surface area contributed by atoms with Crippen molar-refractivity contribution in [1.82, 2.24) is 0 Å². The summed E-state index contributed by atoms with van der Waals surface area (Å²) in [6.07, 6.45) is -116. The highest BCUT2D eigenvalue weighted by Gasteiger charge is 2.80. The average molecular weight is 1640 g/mol. The summed E-state index contributed by atoms with van der Waals surface area (Å²) in [5, 5.41) is 0. The van der Waals surface area contributed by atoms with Crippen LogP contribution in [0.3, 0.4) is 0 Å². The molecule has 0 amide bonds. The van der Waals surface area contributed by atoms with Gasteiger partial charge in [0.25, 0.3) is 40.1 Å². The third kappa shape index (κ3) is 21.8. The van der Waals surface area contributed by atoms with Gasteiger partial charge in [0.05, 0.1) is 0 Å². The Bertz CT molecular complexity index is 1930. The summed E-state index contributed by atoms with van der Waals surface area (Å²) in [6.45, 7) is 0. The molecule has 86 heavy (non-hydrogen) atoms. The van der Waals surface area contributed by atoms with Crippen LogP contribution in [0.2, 0.25) is 0 Å². The van der Waals surface area contributed by atoms with Crippen molar-refractivity contribution in [2.45, 2.75) is 161 Å². The molecular formula is C33H19F51I2. The Morgan fingerprint density at radius 3 is 0.581 bits per heavy atom. The van der Waals surface area contributed by atoms with Crippen molar-refractivity contribution < 1.29 is 225 Å². The van der Waals surface area contributed by atoms with Gasteiger partial charge in [-0.15, -0.1) is 0 Å². The summed E-state index contributed by atoms with van der Waals surface area (Å²) >= 11 is -0.102. The van der Waals surface area contributed by atoms with Crippen LogP contribution in [0.1, 0.15) is 40.0 Å². The van der Waals surface area contributed by atoms with Crippen LogP contribution in [0.25, 0.3) is 0 Å². The normalized spacial score (nSPS) is 15.6. The fraction of sp³-hybridized carbons (Fsp3) is 0.879. The maximum absolute atomic E-state index is 13.6. The molecule has 0 aromatic rings. The zero-order chi connectivity index (χ0) is 71.5. The second kappa shape index (κ2) is 28.1. The third-order valence-electron chi connectivity index (χ3n) is 9.89. The van der Waals surface area contributed by atoms with Gasteiger partial charge in [0.1, 0.15) is 0 Å². The van der Waals surface area contributed by atoms with E-state index in [1.165, 1.54) is 0 Å². The molecular weight excluding hydrogens is 1620 g/mol. The molecule has 0 aliphatic heterocycles. The van der Waals surface area contributed by atoms with E-state index in [9.17, 15) is 224 Å².